The van der Waals surface area contributed by atoms with Crippen LogP contribution in [0.5, 0.6) is 0 Å². The summed E-state index contributed by atoms with van der Waals surface area (Å²) in [4.78, 5) is 0. The molecule has 0 saturated heterocycles. The van der Waals surface area contributed by atoms with Gasteiger partial charge in [-0.1, -0.05) is 93.9 Å². The topological polar surface area (TPSA) is 94.5 Å². The maximum absolute atomic E-state index is 12.8. The Morgan fingerprint density at radius 1 is 0.359 bits per heavy atom. The van der Waals surface area contributed by atoms with E-state index in [0.717, 1.165) is 50.4 Å². The zero-order chi connectivity index (χ0) is 27.4. The molecular weight excluding hydrogens is 508 g/mol. The van der Waals surface area contributed by atoms with E-state index in [1.807, 2.05) is 13.8 Å². The first-order valence-electron chi connectivity index (χ1n) is 15.4. The first-order valence-corrected chi connectivity index (χ1v) is 15.4. The molecule has 242 valence electrons. The van der Waals surface area contributed by atoms with Gasteiger partial charge in [0, 0.05) is 1.43 Å². The molecule has 0 bridgehead atoms. The molecule has 7 heteroatoms. The van der Waals surface area contributed by atoms with Crippen molar-refractivity contribution < 1.29 is 35.4 Å². The van der Waals surface area contributed by atoms with Crippen molar-refractivity contribution in [3.8, 4) is 0 Å². The van der Waals surface area contributed by atoms with Gasteiger partial charge in [-0.05, 0) is 85.9 Å². The molecule has 0 aliphatic heterocycles. The van der Waals surface area contributed by atoms with E-state index >= 15 is 0 Å². The molecule has 39 heavy (non-hydrogen) atoms. The second-order valence-corrected chi connectivity index (χ2v) is 13.6. The van der Waals surface area contributed by atoms with Crippen LogP contribution in [0.2, 0.25) is 0 Å². The lowest BCUT2D eigenvalue weighted by Crippen LogP contribution is -2.35. The minimum Gasteiger partial charge on any atom is -0.412 e. The normalized spacial score (nSPS) is 41.5. The van der Waals surface area contributed by atoms with Crippen LogP contribution in [0.3, 0.4) is 0 Å². The summed E-state index contributed by atoms with van der Waals surface area (Å²) in [6.07, 6.45) is 10.3. The first-order chi connectivity index (χ1) is 16.8. The van der Waals surface area contributed by atoms with Gasteiger partial charge in [-0.15, -0.1) is 0 Å². The average molecular weight is 577 g/mol. The molecule has 0 spiro atoms. The van der Waals surface area contributed by atoms with Crippen molar-refractivity contribution in [2.75, 3.05) is 0 Å². The Kier molecular flexibility index (Phi) is 24.5. The number of rotatable bonds is 0. The van der Waals surface area contributed by atoms with Crippen molar-refractivity contribution in [3.63, 3.8) is 0 Å². The lowest BCUT2D eigenvalue weighted by atomic mass is 9.81. The monoisotopic (exact) mass is 577 g/mol. The van der Waals surface area contributed by atoms with Crippen LogP contribution in [0.4, 0.5) is 17.6 Å². The quantitative estimate of drug-likeness (QED) is 0.257. The second-order valence-electron chi connectivity index (χ2n) is 13.6. The van der Waals surface area contributed by atoms with Crippen molar-refractivity contribution >= 4 is 0 Å². The SMILES string of the molecule is CC1CCC(C)C(F)C1.CC1CCC(C)C(F)C1.CC1CCC(C)C(F)C1F.CC1CCC(C)CC1.O.O.O.[HH]. The molecule has 0 aromatic heterocycles. The summed E-state index contributed by atoms with van der Waals surface area (Å²) in [5, 5.41) is 0. The Morgan fingerprint density at radius 3 is 0.821 bits per heavy atom. The van der Waals surface area contributed by atoms with E-state index < -0.39 is 24.7 Å². The Balaban J connectivity index is -0.000000210. The van der Waals surface area contributed by atoms with Gasteiger partial charge < -0.3 is 16.4 Å². The molecular formula is C32H68F4O3. The third kappa shape index (κ3) is 17.2. The van der Waals surface area contributed by atoms with Crippen molar-refractivity contribution in [1.29, 1.82) is 0 Å². The molecule has 0 heterocycles. The fourth-order valence-electron chi connectivity index (χ4n) is 5.82. The highest BCUT2D eigenvalue weighted by molar-refractivity contribution is 4.83. The van der Waals surface area contributed by atoms with E-state index in [9.17, 15) is 17.6 Å². The molecule has 4 fully saturated rings. The van der Waals surface area contributed by atoms with Crippen LogP contribution in [0.15, 0.2) is 0 Å². The van der Waals surface area contributed by atoms with Crippen LogP contribution in [0.1, 0.15) is 134 Å². The summed E-state index contributed by atoms with van der Waals surface area (Å²) < 4.78 is 51.3. The molecule has 4 aliphatic carbocycles. The summed E-state index contributed by atoms with van der Waals surface area (Å²) in [6, 6.07) is 0. The van der Waals surface area contributed by atoms with Crippen molar-refractivity contribution in [3.05, 3.63) is 0 Å². The Hall–Kier alpha value is -0.400. The molecule has 0 radical (unpaired) electrons. The Labute approximate surface area is 240 Å². The van der Waals surface area contributed by atoms with Crippen molar-refractivity contribution in [2.24, 2.45) is 47.3 Å². The lowest BCUT2D eigenvalue weighted by molar-refractivity contribution is 0.0367. The molecule has 4 aliphatic rings. The van der Waals surface area contributed by atoms with E-state index in [2.05, 4.69) is 27.7 Å². The largest absolute Gasteiger partial charge is 0.412 e. The van der Waals surface area contributed by atoms with Crippen molar-refractivity contribution in [1.82, 2.24) is 0 Å². The van der Waals surface area contributed by atoms with E-state index in [1.54, 1.807) is 13.8 Å². The molecule has 6 N–H and O–H groups in total. The molecule has 4 rings (SSSR count). The predicted molar refractivity (Wildman–Crippen MR) is 161 cm³/mol. The summed E-state index contributed by atoms with van der Waals surface area (Å²) in [7, 11) is 0. The van der Waals surface area contributed by atoms with E-state index in [0.29, 0.717) is 23.7 Å². The van der Waals surface area contributed by atoms with Gasteiger partial charge in [0.25, 0.3) is 0 Å². The Morgan fingerprint density at radius 2 is 0.590 bits per heavy atom. The van der Waals surface area contributed by atoms with Crippen LogP contribution in [0, 0.1) is 47.3 Å². The highest BCUT2D eigenvalue weighted by Gasteiger charge is 2.35. The van der Waals surface area contributed by atoms with Gasteiger partial charge in [0.15, 0.2) is 0 Å². The molecule has 0 aromatic carbocycles. The van der Waals surface area contributed by atoms with Crippen LogP contribution < -0.4 is 0 Å². The van der Waals surface area contributed by atoms with Gasteiger partial charge in [-0.3, -0.25) is 0 Å². The number of hydrogen-bond acceptors (Lipinski definition) is 0. The number of hydrogen-bond donors (Lipinski definition) is 0. The molecule has 0 amide bonds. The fourth-order valence-corrected chi connectivity index (χ4v) is 5.82. The zero-order valence-electron chi connectivity index (χ0n) is 26.4. The highest BCUT2D eigenvalue weighted by Crippen LogP contribution is 2.33. The van der Waals surface area contributed by atoms with Crippen molar-refractivity contribution in [2.45, 2.75) is 157 Å². The van der Waals surface area contributed by atoms with Gasteiger partial charge in [0.1, 0.15) is 24.7 Å². The Bertz CT molecular complexity index is 520. The zero-order valence-corrected chi connectivity index (χ0v) is 26.4. The summed E-state index contributed by atoms with van der Waals surface area (Å²) in [5.41, 5.74) is 0. The summed E-state index contributed by atoms with van der Waals surface area (Å²) in [6.45, 7) is 16.6. The smallest absolute Gasteiger partial charge is 0.134 e. The average Bonchev–Trinajstić information content (AvgIpc) is 2.83. The van der Waals surface area contributed by atoms with Gasteiger partial charge in [0.2, 0.25) is 0 Å². The van der Waals surface area contributed by atoms with Gasteiger partial charge >= 0.3 is 0 Å². The van der Waals surface area contributed by atoms with Crippen LogP contribution in [0.25, 0.3) is 0 Å². The third-order valence-electron chi connectivity index (χ3n) is 9.49. The van der Waals surface area contributed by atoms with Gasteiger partial charge in [-0.2, -0.15) is 0 Å². The second kappa shape index (κ2) is 22.2. The molecule has 3 nitrogen and oxygen atoms in total. The third-order valence-corrected chi connectivity index (χ3v) is 9.49. The maximum atomic E-state index is 12.8. The first kappa shape index (κ1) is 43.1. The predicted octanol–water partition coefficient (Wildman–Crippen LogP) is 8.89. The van der Waals surface area contributed by atoms with Gasteiger partial charge in [0.05, 0.1) is 0 Å². The minimum atomic E-state index is -1.22. The molecule has 0 aromatic rings. The van der Waals surface area contributed by atoms with E-state index in [-0.39, 0.29) is 29.7 Å². The fraction of sp³-hybridized carbons (Fsp3) is 1.00. The summed E-state index contributed by atoms with van der Waals surface area (Å²) in [5.74, 6) is 3.77. The maximum Gasteiger partial charge on any atom is 0.134 e. The van der Waals surface area contributed by atoms with Crippen LogP contribution in [-0.2, 0) is 0 Å². The lowest BCUT2D eigenvalue weighted by Gasteiger charge is -2.30. The number of halogens is 4. The highest BCUT2D eigenvalue weighted by atomic mass is 19.2. The molecule has 10 unspecified atom stereocenters. The molecule has 10 atom stereocenters. The number of alkyl halides is 4. The summed E-state index contributed by atoms with van der Waals surface area (Å²) >= 11 is 0. The minimum absolute atomic E-state index is 0. The van der Waals surface area contributed by atoms with Crippen LogP contribution in [-0.4, -0.2) is 41.1 Å². The van der Waals surface area contributed by atoms with Crippen LogP contribution >= 0.6 is 0 Å². The molecule has 4 saturated carbocycles. The van der Waals surface area contributed by atoms with Gasteiger partial charge in [-0.25, -0.2) is 17.6 Å². The van der Waals surface area contributed by atoms with E-state index in [4.69, 9.17) is 0 Å². The van der Waals surface area contributed by atoms with E-state index in [1.165, 1.54) is 38.5 Å². The standard InChI is InChI=1S/C8H14F2.2C8H15F.C8H16.3H2O.H2/c1-5-3-4-6(2)8(10)7(5)9;2*1-6-3-4-7(2)8(9)5-6;1-7-3-5-8(2)6-4-7;;;;/h5-8H,3-4H2,1-2H3;2*6-8H,3-5H2,1-2H3;7-8H,3-6H2,1-2H3;3*1H2;1H.